The van der Waals surface area contributed by atoms with Gasteiger partial charge in [-0.05, 0) is 92.7 Å². The molecule has 0 N–H and O–H groups in total. The van der Waals surface area contributed by atoms with Crippen molar-refractivity contribution in [3.05, 3.63) is 224 Å². The Kier molecular flexibility index (Phi) is 8.38. The third kappa shape index (κ3) is 5.97. The van der Waals surface area contributed by atoms with Gasteiger partial charge in [-0.3, -0.25) is 4.57 Å². The van der Waals surface area contributed by atoms with E-state index in [1.165, 1.54) is 75.5 Å². The van der Waals surface area contributed by atoms with Crippen molar-refractivity contribution < 1.29 is 0 Å². The normalized spacial score (nSPS) is 11.9. The molecule has 2 aliphatic rings. The highest BCUT2D eigenvalue weighted by Gasteiger charge is 2.24. The molecule has 4 heterocycles. The summed E-state index contributed by atoms with van der Waals surface area (Å²) < 4.78 is 7.22. The van der Waals surface area contributed by atoms with Crippen LogP contribution in [0.1, 0.15) is 0 Å². The molecular weight excluding hydrogens is 835 g/mol. The average molecular weight is 872 g/mol. The number of nitrogens with zero attached hydrogens (tertiary/aromatic N) is 5. The van der Waals surface area contributed by atoms with Crippen molar-refractivity contribution in [3.8, 4) is 67.8 Å². The highest BCUT2D eigenvalue weighted by molar-refractivity contribution is 7.24. The molecular formula is C61H37N5S. The highest BCUT2D eigenvalue weighted by Crippen LogP contribution is 2.47. The largest absolute Gasteiger partial charge is 0.306 e. The molecule has 0 fully saturated rings. The Balaban J connectivity index is 1.01. The number of pyridine rings is 1. The highest BCUT2D eigenvalue weighted by atomic mass is 32.1. The standard InChI is InChI=1S/C61H37N5S/c1-5-16-38(17-6-1)42-28-32-53-55(36-42)67-56-37-44(39-18-7-2-8-19-39)35-50-48-26-15-25-47-45(30-33-54(57(47)48)65(53)58(50)56)43-29-31-52-49(34-43)46-24-13-14-27-51(46)66(52)61-63-59(40-20-9-3-10-21-40)62-60(64-61)41-22-11-4-12-23-41/h1-37H. The fraction of sp³-hybridized carbons (Fsp3) is 0. The molecule has 0 aliphatic carbocycles. The lowest BCUT2D eigenvalue weighted by atomic mass is 9.91. The van der Waals surface area contributed by atoms with Gasteiger partial charge < -0.3 is 4.57 Å². The molecule has 0 bridgehead atoms. The molecule has 0 spiro atoms. The molecule has 0 saturated heterocycles. The summed E-state index contributed by atoms with van der Waals surface area (Å²) in [5.74, 6) is 1.84. The van der Waals surface area contributed by atoms with Crippen LogP contribution in [0.2, 0.25) is 0 Å². The third-order valence-corrected chi connectivity index (χ3v) is 14.4. The van der Waals surface area contributed by atoms with E-state index in [4.69, 9.17) is 15.0 Å². The monoisotopic (exact) mass is 871 g/mol. The van der Waals surface area contributed by atoms with Gasteiger partial charge in [0.1, 0.15) is 0 Å². The van der Waals surface area contributed by atoms with Crippen LogP contribution < -0.4 is 0 Å². The van der Waals surface area contributed by atoms with Gasteiger partial charge in [0, 0.05) is 32.7 Å². The molecule has 0 radical (unpaired) electrons. The molecule has 14 rings (SSSR count). The Morgan fingerprint density at radius 1 is 0.299 bits per heavy atom. The van der Waals surface area contributed by atoms with Gasteiger partial charge >= 0.3 is 0 Å². The topological polar surface area (TPSA) is 48.5 Å². The summed E-state index contributed by atoms with van der Waals surface area (Å²) in [7, 11) is 0. The third-order valence-electron chi connectivity index (χ3n) is 13.4. The molecule has 2 aromatic heterocycles. The lowest BCUT2D eigenvalue weighted by molar-refractivity contribution is 0.953. The average Bonchev–Trinajstić information content (AvgIpc) is 3.74. The van der Waals surface area contributed by atoms with Crippen molar-refractivity contribution in [2.24, 2.45) is 0 Å². The van der Waals surface area contributed by atoms with Gasteiger partial charge in [-0.25, -0.2) is 4.98 Å². The Morgan fingerprint density at radius 3 is 1.55 bits per heavy atom. The van der Waals surface area contributed by atoms with Crippen molar-refractivity contribution in [2.45, 2.75) is 0 Å². The fourth-order valence-corrected chi connectivity index (χ4v) is 11.5. The van der Waals surface area contributed by atoms with E-state index in [1.807, 2.05) is 47.7 Å². The van der Waals surface area contributed by atoms with Crippen molar-refractivity contribution >= 4 is 75.1 Å². The summed E-state index contributed by atoms with van der Waals surface area (Å²) in [6, 6.07) is 80.5. The summed E-state index contributed by atoms with van der Waals surface area (Å²) in [5, 5.41) is 7.24. The summed E-state index contributed by atoms with van der Waals surface area (Å²) in [5.41, 5.74) is 14.8. The molecule has 312 valence electrons. The minimum atomic E-state index is 0.581. The predicted octanol–water partition coefficient (Wildman–Crippen LogP) is 16.2. The van der Waals surface area contributed by atoms with Gasteiger partial charge in [-0.2, -0.15) is 9.97 Å². The van der Waals surface area contributed by atoms with Crippen LogP contribution in [0.3, 0.4) is 0 Å². The van der Waals surface area contributed by atoms with Crippen molar-refractivity contribution in [3.63, 3.8) is 0 Å². The Hall–Kier alpha value is -8.71. The summed E-state index contributed by atoms with van der Waals surface area (Å²) in [6.07, 6.45) is 0. The van der Waals surface area contributed by atoms with Gasteiger partial charge in [-0.1, -0.05) is 176 Å². The molecule has 10 aromatic carbocycles. The molecule has 2 aliphatic heterocycles. The molecule has 0 saturated carbocycles. The fourth-order valence-electron chi connectivity index (χ4n) is 10.3. The van der Waals surface area contributed by atoms with Gasteiger partial charge in [0.2, 0.25) is 5.95 Å². The van der Waals surface area contributed by atoms with E-state index in [-0.39, 0.29) is 0 Å². The number of fused-ring (bicyclic) bond motifs is 7. The molecule has 5 nitrogen and oxygen atoms in total. The smallest absolute Gasteiger partial charge is 0.238 e. The van der Waals surface area contributed by atoms with Crippen LogP contribution in [0.4, 0.5) is 0 Å². The van der Waals surface area contributed by atoms with Crippen molar-refractivity contribution in [1.82, 2.24) is 24.1 Å². The van der Waals surface area contributed by atoms with Crippen LogP contribution in [0.15, 0.2) is 224 Å². The molecule has 0 unspecified atom stereocenters. The molecule has 67 heavy (non-hydrogen) atoms. The first-order chi connectivity index (χ1) is 33.2. The lowest BCUT2D eigenvalue weighted by Crippen LogP contribution is -2.06. The van der Waals surface area contributed by atoms with Crippen molar-refractivity contribution in [2.75, 3.05) is 0 Å². The zero-order valence-electron chi connectivity index (χ0n) is 36.0. The number of hydrogen-bond acceptors (Lipinski definition) is 4. The van der Waals surface area contributed by atoms with E-state index in [1.54, 1.807) is 0 Å². The number of rotatable bonds is 6. The first-order valence-corrected chi connectivity index (χ1v) is 23.4. The number of benzene rings is 10. The second-order valence-corrected chi connectivity index (χ2v) is 18.3. The summed E-state index contributed by atoms with van der Waals surface area (Å²) >= 11 is 1.88. The Bertz CT molecular complexity index is 4130. The summed E-state index contributed by atoms with van der Waals surface area (Å²) in [6.45, 7) is 0. The lowest BCUT2D eigenvalue weighted by Gasteiger charge is -2.25. The van der Waals surface area contributed by atoms with E-state index in [2.05, 4.69) is 197 Å². The van der Waals surface area contributed by atoms with E-state index in [0.717, 1.165) is 38.5 Å². The predicted molar refractivity (Wildman–Crippen MR) is 280 cm³/mol. The van der Waals surface area contributed by atoms with Crippen LogP contribution in [0.5, 0.6) is 0 Å². The second kappa shape index (κ2) is 14.9. The van der Waals surface area contributed by atoms with Gasteiger partial charge in [0.05, 0.1) is 37.2 Å². The van der Waals surface area contributed by atoms with Crippen LogP contribution >= 0.6 is 11.3 Å². The summed E-state index contributed by atoms with van der Waals surface area (Å²) in [4.78, 5) is 15.3. The zero-order chi connectivity index (χ0) is 44.0. The first kappa shape index (κ1) is 37.6. The molecule has 6 heteroatoms. The zero-order valence-corrected chi connectivity index (χ0v) is 36.8. The van der Waals surface area contributed by atoms with E-state index in [9.17, 15) is 0 Å². The van der Waals surface area contributed by atoms with E-state index < -0.39 is 0 Å². The van der Waals surface area contributed by atoms with Crippen LogP contribution in [0, 0.1) is 0 Å². The van der Waals surface area contributed by atoms with Crippen LogP contribution in [-0.2, 0) is 0 Å². The Morgan fingerprint density at radius 2 is 0.836 bits per heavy atom. The number of aromatic nitrogens is 5. The van der Waals surface area contributed by atoms with Crippen molar-refractivity contribution in [1.29, 1.82) is 0 Å². The number of para-hydroxylation sites is 1. The molecule has 0 atom stereocenters. The maximum atomic E-state index is 5.17. The van der Waals surface area contributed by atoms with Crippen LogP contribution in [-0.4, -0.2) is 24.1 Å². The van der Waals surface area contributed by atoms with Gasteiger partial charge in [-0.15, -0.1) is 11.3 Å². The van der Waals surface area contributed by atoms with Crippen LogP contribution in [0.25, 0.3) is 132 Å². The molecule has 12 aromatic rings. The maximum absolute atomic E-state index is 5.17. The van der Waals surface area contributed by atoms with Gasteiger partial charge in [0.15, 0.2) is 11.6 Å². The second-order valence-electron chi connectivity index (χ2n) is 17.2. The Labute approximate surface area is 389 Å². The SMILES string of the molecule is c1ccc(-c2ccc3c(c2)sc2cc(-c4ccccc4)cc4c2-n3c2ccc(-c3ccc5c(c3)c3ccccc3n5-c3nc(-c5ccccc5)nc(-c5ccccc5)n3)c3cccc4c32)cc1. The molecule has 0 amide bonds. The maximum Gasteiger partial charge on any atom is 0.238 e. The minimum absolute atomic E-state index is 0.581. The van der Waals surface area contributed by atoms with Gasteiger partial charge in [0.25, 0.3) is 0 Å². The quantitative estimate of drug-likeness (QED) is 0.124. The number of hydrogen-bond donors (Lipinski definition) is 0. The minimum Gasteiger partial charge on any atom is -0.306 e. The van der Waals surface area contributed by atoms with E-state index in [0.29, 0.717) is 17.6 Å². The first-order valence-electron chi connectivity index (χ1n) is 22.6. The van der Waals surface area contributed by atoms with E-state index >= 15 is 0 Å².